The number of nitrogens with zero attached hydrogens (tertiary/aromatic N) is 1. The van der Waals surface area contributed by atoms with E-state index in [2.05, 4.69) is 9.18 Å². The summed E-state index contributed by atoms with van der Waals surface area (Å²) in [7, 11) is -4.51. The van der Waals surface area contributed by atoms with Crippen molar-refractivity contribution in [2.24, 2.45) is 4.99 Å². The molecule has 62 valence electrons. The lowest BCUT2D eigenvalue weighted by Gasteiger charge is -1.96. The van der Waals surface area contributed by atoms with E-state index in [1.807, 2.05) is 0 Å². The minimum atomic E-state index is -4.51. The van der Waals surface area contributed by atoms with Crippen LogP contribution in [0.4, 0.5) is 0 Å². The number of carbonyl (C=O) groups is 1. The van der Waals surface area contributed by atoms with Crippen molar-refractivity contribution >= 4 is 22.2 Å². The Morgan fingerprint density at radius 1 is 1.45 bits per heavy atom. The molecule has 0 atom stereocenters. The van der Waals surface area contributed by atoms with Crippen LogP contribution in [0.25, 0.3) is 0 Å². The Morgan fingerprint density at radius 2 is 2.09 bits per heavy atom. The van der Waals surface area contributed by atoms with Crippen LogP contribution in [0.2, 0.25) is 0 Å². The summed E-state index contributed by atoms with van der Waals surface area (Å²) in [4.78, 5) is 13.6. The lowest BCUT2D eigenvalue weighted by molar-refractivity contribution is -0.117. The minimum absolute atomic E-state index is 0.124. The van der Waals surface area contributed by atoms with Crippen LogP contribution < -0.4 is 0 Å². The van der Waals surface area contributed by atoms with E-state index >= 15 is 0 Å². The summed E-state index contributed by atoms with van der Waals surface area (Å²) in [5, 5.41) is 0. The van der Waals surface area contributed by atoms with Crippen molar-refractivity contribution in [1.29, 1.82) is 0 Å². The summed E-state index contributed by atoms with van der Waals surface area (Å²) in [6.45, 7) is 0. The zero-order valence-corrected chi connectivity index (χ0v) is 6.17. The first-order valence-electron chi connectivity index (χ1n) is 2.75. The second-order valence-electron chi connectivity index (χ2n) is 1.91. The first-order chi connectivity index (χ1) is 4.97. The van der Waals surface area contributed by atoms with Gasteiger partial charge in [0.25, 0.3) is 0 Å². The van der Waals surface area contributed by atoms with Gasteiger partial charge in [0, 0.05) is 12.8 Å². The summed E-state index contributed by atoms with van der Waals surface area (Å²) >= 11 is 0. The molecule has 0 spiro atoms. The molecule has 7 heteroatoms. The van der Waals surface area contributed by atoms with Gasteiger partial charge in [-0.3, -0.25) is 9.35 Å². The molecule has 1 amide bonds. The van der Waals surface area contributed by atoms with Gasteiger partial charge in [-0.05, 0) is 0 Å². The standard InChI is InChI=1S/C4H5NO5S/c6-3-1-2-4(5-3)10-11(7,8)9/h1-2H2,(H,7,8,9). The van der Waals surface area contributed by atoms with Gasteiger partial charge in [0.1, 0.15) is 0 Å². The van der Waals surface area contributed by atoms with E-state index in [4.69, 9.17) is 4.55 Å². The molecule has 0 aromatic heterocycles. The highest BCUT2D eigenvalue weighted by molar-refractivity contribution is 7.81. The van der Waals surface area contributed by atoms with Crippen molar-refractivity contribution in [1.82, 2.24) is 0 Å². The Balaban J connectivity index is 2.66. The van der Waals surface area contributed by atoms with Gasteiger partial charge < -0.3 is 4.18 Å². The Hall–Kier alpha value is -0.950. The molecule has 1 rings (SSSR count). The van der Waals surface area contributed by atoms with Crippen LogP contribution in [0.15, 0.2) is 4.99 Å². The number of rotatable bonds is 1. The number of hydrogen-bond acceptors (Lipinski definition) is 4. The average Bonchev–Trinajstić information content (AvgIpc) is 2.10. The van der Waals surface area contributed by atoms with Gasteiger partial charge in [-0.2, -0.15) is 13.4 Å². The molecule has 0 aliphatic carbocycles. The molecule has 1 N–H and O–H groups in total. The van der Waals surface area contributed by atoms with Gasteiger partial charge in [-0.15, -0.1) is 0 Å². The average molecular weight is 179 g/mol. The molecule has 0 saturated carbocycles. The molecule has 0 saturated heterocycles. The van der Waals surface area contributed by atoms with Crippen molar-refractivity contribution in [2.45, 2.75) is 12.8 Å². The number of aliphatic imine (C=N–C) groups is 1. The molecule has 0 radical (unpaired) electrons. The largest absolute Gasteiger partial charge is 0.447 e. The molecular formula is C4H5NO5S. The van der Waals surface area contributed by atoms with E-state index in [0.29, 0.717) is 0 Å². The molecule has 11 heavy (non-hydrogen) atoms. The third-order valence-corrected chi connectivity index (χ3v) is 1.41. The van der Waals surface area contributed by atoms with E-state index in [1.165, 1.54) is 0 Å². The Morgan fingerprint density at radius 3 is 2.45 bits per heavy atom. The van der Waals surface area contributed by atoms with Crippen LogP contribution in [-0.2, 0) is 19.4 Å². The zero-order chi connectivity index (χ0) is 8.48. The monoisotopic (exact) mass is 179 g/mol. The van der Waals surface area contributed by atoms with Gasteiger partial charge in [0.2, 0.25) is 11.8 Å². The van der Waals surface area contributed by atoms with Gasteiger partial charge in [0.05, 0.1) is 0 Å². The summed E-state index contributed by atoms with van der Waals surface area (Å²) in [5.41, 5.74) is 0. The Kier molecular flexibility index (Phi) is 1.92. The fourth-order valence-electron chi connectivity index (χ4n) is 0.647. The molecule has 0 fully saturated rings. The highest BCUT2D eigenvalue weighted by atomic mass is 32.3. The second-order valence-corrected chi connectivity index (χ2v) is 2.93. The highest BCUT2D eigenvalue weighted by Gasteiger charge is 2.19. The lowest BCUT2D eigenvalue weighted by atomic mass is 10.4. The van der Waals surface area contributed by atoms with Crippen molar-refractivity contribution in [3.05, 3.63) is 0 Å². The maximum atomic E-state index is 10.4. The SMILES string of the molecule is O=C1CCC(OS(=O)(=O)O)=N1. The van der Waals surface area contributed by atoms with Crippen molar-refractivity contribution in [3.8, 4) is 0 Å². The number of hydrogen-bond donors (Lipinski definition) is 1. The molecule has 1 aliphatic rings. The van der Waals surface area contributed by atoms with E-state index in [0.717, 1.165) is 0 Å². The molecule has 1 aliphatic heterocycles. The Labute approximate surface area is 62.8 Å². The molecule has 1 heterocycles. The summed E-state index contributed by atoms with van der Waals surface area (Å²) in [6.07, 6.45) is 0.253. The molecule has 6 nitrogen and oxygen atoms in total. The zero-order valence-electron chi connectivity index (χ0n) is 5.35. The summed E-state index contributed by atoms with van der Waals surface area (Å²) in [5.74, 6) is -0.693. The van der Waals surface area contributed by atoms with Crippen LogP contribution in [0, 0.1) is 0 Å². The summed E-state index contributed by atoms with van der Waals surface area (Å²) in [6, 6.07) is 0. The molecular weight excluding hydrogens is 174 g/mol. The van der Waals surface area contributed by atoms with Crippen LogP contribution in [0.1, 0.15) is 12.8 Å². The molecule has 0 bridgehead atoms. The minimum Gasteiger partial charge on any atom is -0.346 e. The van der Waals surface area contributed by atoms with Gasteiger partial charge >= 0.3 is 10.4 Å². The molecule has 0 aromatic carbocycles. The van der Waals surface area contributed by atoms with Crippen molar-refractivity contribution in [3.63, 3.8) is 0 Å². The first kappa shape index (κ1) is 8.15. The van der Waals surface area contributed by atoms with E-state index < -0.39 is 16.3 Å². The van der Waals surface area contributed by atoms with Crippen LogP contribution in [-0.4, -0.2) is 24.8 Å². The number of amides is 1. The van der Waals surface area contributed by atoms with E-state index in [9.17, 15) is 13.2 Å². The third kappa shape index (κ3) is 2.64. The van der Waals surface area contributed by atoms with Gasteiger partial charge in [-0.1, -0.05) is 0 Å². The van der Waals surface area contributed by atoms with Gasteiger partial charge in [0.15, 0.2) is 0 Å². The third-order valence-electron chi connectivity index (χ3n) is 1.00. The molecule has 0 aromatic rings. The normalized spacial score (nSPS) is 18.3. The smallest absolute Gasteiger partial charge is 0.346 e. The van der Waals surface area contributed by atoms with E-state index in [1.54, 1.807) is 0 Å². The van der Waals surface area contributed by atoms with Gasteiger partial charge in [-0.25, -0.2) is 0 Å². The Bertz CT molecular complexity index is 302. The highest BCUT2D eigenvalue weighted by Crippen LogP contribution is 2.08. The number of carbonyl (C=O) groups excluding carboxylic acids is 1. The fraction of sp³-hybridized carbons (Fsp3) is 0.500. The van der Waals surface area contributed by atoms with Crippen molar-refractivity contribution < 1.29 is 21.9 Å². The topological polar surface area (TPSA) is 93.0 Å². The predicted molar refractivity (Wildman–Crippen MR) is 34.3 cm³/mol. The fourth-order valence-corrected chi connectivity index (χ4v) is 1.01. The first-order valence-corrected chi connectivity index (χ1v) is 4.11. The predicted octanol–water partition coefficient (Wildman–Crippen LogP) is -0.475. The quantitative estimate of drug-likeness (QED) is 0.549. The van der Waals surface area contributed by atoms with Crippen LogP contribution in [0.3, 0.4) is 0 Å². The molecule has 0 unspecified atom stereocenters. The summed E-state index contributed by atoms with van der Waals surface area (Å²) < 4.78 is 32.1. The maximum absolute atomic E-state index is 10.4. The maximum Gasteiger partial charge on any atom is 0.447 e. The van der Waals surface area contributed by atoms with Crippen LogP contribution >= 0.6 is 0 Å². The second kappa shape index (κ2) is 2.59. The lowest BCUT2D eigenvalue weighted by Crippen LogP contribution is -2.09. The van der Waals surface area contributed by atoms with Crippen molar-refractivity contribution in [2.75, 3.05) is 0 Å². The van der Waals surface area contributed by atoms with E-state index in [-0.39, 0.29) is 18.7 Å². The van der Waals surface area contributed by atoms with Crippen LogP contribution in [0.5, 0.6) is 0 Å².